The van der Waals surface area contributed by atoms with Gasteiger partial charge in [-0.2, -0.15) is 15.5 Å². The van der Waals surface area contributed by atoms with E-state index in [1.807, 2.05) is 44.7 Å². The summed E-state index contributed by atoms with van der Waals surface area (Å²) in [4.78, 5) is 19.7. The van der Waals surface area contributed by atoms with E-state index in [9.17, 15) is 14.4 Å². The maximum Gasteiger partial charge on any atom is 0.251 e. The van der Waals surface area contributed by atoms with Gasteiger partial charge in [0.2, 0.25) is 0 Å². The number of halogens is 1. The fraction of sp³-hybridized carbons (Fsp3) is 0.258. The second kappa shape index (κ2) is 9.55. The number of fused-ring (bicyclic) bond motifs is 2. The van der Waals surface area contributed by atoms with Crippen LogP contribution in [-0.2, 0) is 7.05 Å². The van der Waals surface area contributed by atoms with E-state index in [-0.39, 0.29) is 5.91 Å². The van der Waals surface area contributed by atoms with Crippen LogP contribution < -0.4 is 10.2 Å². The molecule has 2 aliphatic rings. The zero-order chi connectivity index (χ0) is 28.2. The SMILES string of the molecule is Cc1ccc(F)cc1C(=O)NCC1[C@H]2CN(c3ccc(-c4cc(-c5cnn(C)c5)cn5ncc(C#N)c45)cn3)C[C@@H]12. The van der Waals surface area contributed by atoms with Gasteiger partial charge >= 0.3 is 0 Å². The minimum absolute atomic E-state index is 0.222. The highest BCUT2D eigenvalue weighted by atomic mass is 19.1. The molecule has 0 bridgehead atoms. The topological polar surface area (TPSA) is 104 Å². The second-order valence-electron chi connectivity index (χ2n) is 11.0. The van der Waals surface area contributed by atoms with Gasteiger partial charge in [0.25, 0.3) is 5.91 Å². The summed E-state index contributed by atoms with van der Waals surface area (Å²) in [6.07, 6.45) is 9.10. The Morgan fingerprint density at radius 1 is 1.05 bits per heavy atom. The number of nitriles is 1. The van der Waals surface area contributed by atoms with E-state index in [2.05, 4.69) is 32.5 Å². The average molecular weight is 547 g/mol. The first-order valence-electron chi connectivity index (χ1n) is 13.6. The van der Waals surface area contributed by atoms with Crippen LogP contribution in [0.4, 0.5) is 10.2 Å². The van der Waals surface area contributed by atoms with Crippen LogP contribution >= 0.6 is 0 Å². The molecule has 1 unspecified atom stereocenters. The van der Waals surface area contributed by atoms with Gasteiger partial charge in [0, 0.05) is 73.1 Å². The summed E-state index contributed by atoms with van der Waals surface area (Å²) < 4.78 is 17.1. The molecular formula is C31H27FN8O. The second-order valence-corrected chi connectivity index (χ2v) is 11.0. The molecule has 1 aliphatic heterocycles. The molecule has 5 aromatic rings. The van der Waals surface area contributed by atoms with Crippen molar-refractivity contribution < 1.29 is 9.18 Å². The lowest BCUT2D eigenvalue weighted by Crippen LogP contribution is -2.31. The number of aromatic nitrogens is 5. The molecule has 204 valence electrons. The fourth-order valence-corrected chi connectivity index (χ4v) is 6.17. The van der Waals surface area contributed by atoms with Crippen molar-refractivity contribution in [2.45, 2.75) is 6.92 Å². The van der Waals surface area contributed by atoms with Gasteiger partial charge in [-0.1, -0.05) is 6.07 Å². The van der Waals surface area contributed by atoms with Crippen molar-refractivity contribution in [3.63, 3.8) is 0 Å². The lowest BCUT2D eigenvalue weighted by Gasteiger charge is -2.21. The zero-order valence-electron chi connectivity index (χ0n) is 22.6. The number of aryl methyl sites for hydroxylation is 2. The lowest BCUT2D eigenvalue weighted by atomic mass is 10.0. The third kappa shape index (κ3) is 4.39. The zero-order valence-corrected chi connectivity index (χ0v) is 22.6. The van der Waals surface area contributed by atoms with Crippen molar-refractivity contribution in [2.24, 2.45) is 24.8 Å². The highest BCUT2D eigenvalue weighted by Gasteiger charge is 2.55. The van der Waals surface area contributed by atoms with Crippen molar-refractivity contribution in [1.82, 2.24) is 29.7 Å². The molecule has 9 nitrogen and oxygen atoms in total. The number of rotatable bonds is 6. The minimum Gasteiger partial charge on any atom is -0.356 e. The van der Waals surface area contributed by atoms with Gasteiger partial charge in [-0.05, 0) is 60.6 Å². The summed E-state index contributed by atoms with van der Waals surface area (Å²) in [5.74, 6) is 1.73. The summed E-state index contributed by atoms with van der Waals surface area (Å²) >= 11 is 0. The van der Waals surface area contributed by atoms with Gasteiger partial charge in [0.1, 0.15) is 17.7 Å². The molecule has 4 aromatic heterocycles. The molecule has 3 atom stereocenters. The van der Waals surface area contributed by atoms with E-state index in [0.717, 1.165) is 52.2 Å². The van der Waals surface area contributed by atoms with Crippen LogP contribution in [0.5, 0.6) is 0 Å². The first-order chi connectivity index (χ1) is 19.9. The van der Waals surface area contributed by atoms with Gasteiger partial charge < -0.3 is 10.2 Å². The molecule has 41 heavy (non-hydrogen) atoms. The summed E-state index contributed by atoms with van der Waals surface area (Å²) in [7, 11) is 1.88. The number of anilines is 1. The predicted molar refractivity (Wildman–Crippen MR) is 151 cm³/mol. The lowest BCUT2D eigenvalue weighted by molar-refractivity contribution is 0.0949. The van der Waals surface area contributed by atoms with E-state index in [0.29, 0.717) is 35.4 Å². The monoisotopic (exact) mass is 546 g/mol. The van der Waals surface area contributed by atoms with Crippen LogP contribution in [-0.4, -0.2) is 49.9 Å². The number of hydrogen-bond acceptors (Lipinski definition) is 6. The third-order valence-corrected chi connectivity index (χ3v) is 8.47. The molecular weight excluding hydrogens is 519 g/mol. The number of benzene rings is 1. The number of hydrogen-bond donors (Lipinski definition) is 1. The maximum absolute atomic E-state index is 13.6. The predicted octanol–water partition coefficient (Wildman–Crippen LogP) is 4.23. The quantitative estimate of drug-likeness (QED) is 0.342. The fourth-order valence-electron chi connectivity index (χ4n) is 6.17. The standard InChI is InChI=1S/C31H27FN8O/c1-18-3-5-23(32)8-24(18)31(41)35-13-26-27-16-39(17-28(26)27)29-6-4-19(10-34-29)25-7-20(22-12-36-38(2)14-22)15-40-30(25)21(9-33)11-37-40/h3-8,10-12,14-15,26-28H,13,16-17H2,1-2H3,(H,35,41)/t26?,27-,28+. The Bertz CT molecular complexity index is 1840. The average Bonchev–Trinajstić information content (AvgIpc) is 3.42. The number of nitrogens with zero attached hydrogens (tertiary/aromatic N) is 7. The molecule has 1 saturated heterocycles. The van der Waals surface area contributed by atoms with Crippen LogP contribution in [0.3, 0.4) is 0 Å². The van der Waals surface area contributed by atoms with Gasteiger partial charge in [-0.25, -0.2) is 13.9 Å². The van der Waals surface area contributed by atoms with E-state index in [4.69, 9.17) is 4.98 Å². The molecule has 2 fully saturated rings. The van der Waals surface area contributed by atoms with Crippen LogP contribution in [0.15, 0.2) is 67.4 Å². The molecule has 5 heterocycles. The van der Waals surface area contributed by atoms with E-state index < -0.39 is 5.82 Å². The third-order valence-electron chi connectivity index (χ3n) is 8.47. The van der Waals surface area contributed by atoms with Crippen LogP contribution in [0.1, 0.15) is 21.5 Å². The summed E-state index contributed by atoms with van der Waals surface area (Å²) in [6, 6.07) is 12.7. The Morgan fingerprint density at radius 3 is 2.59 bits per heavy atom. The Labute approximate surface area is 235 Å². The molecule has 1 amide bonds. The Balaban J connectivity index is 1.05. The summed E-state index contributed by atoms with van der Waals surface area (Å²) in [5, 5.41) is 21.4. The highest BCUT2D eigenvalue weighted by molar-refractivity contribution is 5.95. The number of amides is 1. The Morgan fingerprint density at radius 2 is 1.88 bits per heavy atom. The normalized spacial score (nSPS) is 19.3. The van der Waals surface area contributed by atoms with Crippen molar-refractivity contribution in [3.8, 4) is 28.3 Å². The smallest absolute Gasteiger partial charge is 0.251 e. The van der Waals surface area contributed by atoms with Crippen molar-refractivity contribution in [2.75, 3.05) is 24.5 Å². The van der Waals surface area contributed by atoms with Crippen LogP contribution in [0, 0.1) is 41.8 Å². The van der Waals surface area contributed by atoms with Crippen LogP contribution in [0.2, 0.25) is 0 Å². The Kier molecular flexibility index (Phi) is 5.82. The highest BCUT2D eigenvalue weighted by Crippen LogP contribution is 2.52. The first-order valence-corrected chi connectivity index (χ1v) is 13.6. The van der Waals surface area contributed by atoms with Gasteiger partial charge in [0.15, 0.2) is 0 Å². The molecule has 1 saturated carbocycles. The molecule has 0 spiro atoms. The van der Waals surface area contributed by atoms with Crippen molar-refractivity contribution in [1.29, 1.82) is 5.26 Å². The van der Waals surface area contributed by atoms with E-state index in [1.165, 1.54) is 12.1 Å². The van der Waals surface area contributed by atoms with Gasteiger partial charge in [0.05, 0.1) is 23.5 Å². The molecule has 0 radical (unpaired) electrons. The number of pyridine rings is 2. The van der Waals surface area contributed by atoms with Crippen molar-refractivity contribution in [3.05, 3.63) is 89.9 Å². The van der Waals surface area contributed by atoms with Crippen LogP contribution in [0.25, 0.3) is 27.8 Å². The largest absolute Gasteiger partial charge is 0.356 e. The molecule has 1 N–H and O–H groups in total. The Hall–Kier alpha value is -5.04. The molecule has 7 rings (SSSR count). The van der Waals surface area contributed by atoms with Crippen molar-refractivity contribution >= 4 is 17.2 Å². The number of piperidine rings is 1. The number of carbonyl (C=O) groups excluding carboxylic acids is 1. The minimum atomic E-state index is -0.403. The summed E-state index contributed by atoms with van der Waals surface area (Å²) in [6.45, 7) is 4.19. The van der Waals surface area contributed by atoms with Gasteiger partial charge in [-0.15, -0.1) is 0 Å². The summed E-state index contributed by atoms with van der Waals surface area (Å²) in [5.41, 5.74) is 6.10. The molecule has 10 heteroatoms. The maximum atomic E-state index is 13.6. The first kappa shape index (κ1) is 25.0. The molecule has 1 aromatic carbocycles. The van der Waals surface area contributed by atoms with E-state index in [1.54, 1.807) is 27.7 Å². The van der Waals surface area contributed by atoms with E-state index >= 15 is 0 Å². The van der Waals surface area contributed by atoms with Gasteiger partial charge in [-0.3, -0.25) is 9.48 Å². The molecule has 1 aliphatic carbocycles. The number of carbonyl (C=O) groups is 1. The number of nitrogens with one attached hydrogen (secondary N) is 1.